The summed E-state index contributed by atoms with van der Waals surface area (Å²) in [6.07, 6.45) is 9.69. The monoisotopic (exact) mass is 317 g/mol. The van der Waals surface area contributed by atoms with Crippen molar-refractivity contribution in [2.75, 3.05) is 0 Å². The molecule has 2 atom stereocenters. The van der Waals surface area contributed by atoms with Crippen LogP contribution in [0.3, 0.4) is 0 Å². The fraction of sp³-hybridized carbons (Fsp3) is 0.435. The second kappa shape index (κ2) is 8.15. The Kier molecular flexibility index (Phi) is 5.70. The van der Waals surface area contributed by atoms with Crippen LogP contribution in [-0.2, 0) is 0 Å². The lowest BCUT2D eigenvalue weighted by molar-refractivity contribution is 0.466. The summed E-state index contributed by atoms with van der Waals surface area (Å²) in [5.74, 6) is 1.70. The molecular formula is C23H27N. The van der Waals surface area contributed by atoms with Crippen LogP contribution in [0.4, 0.5) is 0 Å². The molecule has 0 aromatic heterocycles. The topological polar surface area (TPSA) is 23.8 Å². The standard InChI is InChI=1S/C23H27N/c1-2-3-4-5-18-6-11-23(16-18)22-14-12-21(13-15-22)20-9-7-19(17-24)8-10-20/h7-10,12-15,18,23H,2-6,11,16H2,1H3. The molecule has 0 bridgehead atoms. The van der Waals surface area contributed by atoms with E-state index in [0.717, 1.165) is 17.4 Å². The Hall–Kier alpha value is -2.07. The Labute approximate surface area is 146 Å². The Morgan fingerprint density at radius 2 is 1.58 bits per heavy atom. The third-order valence-electron chi connectivity index (χ3n) is 5.49. The SMILES string of the molecule is CCCCCC1CCC(c2ccc(-c3ccc(C#N)cc3)cc2)C1. The molecule has 2 aromatic carbocycles. The van der Waals surface area contributed by atoms with Crippen molar-refractivity contribution in [1.29, 1.82) is 5.26 Å². The highest BCUT2D eigenvalue weighted by molar-refractivity contribution is 5.64. The normalized spacial score (nSPS) is 20.0. The predicted molar refractivity (Wildman–Crippen MR) is 101 cm³/mol. The third kappa shape index (κ3) is 4.06. The molecule has 3 rings (SSSR count). The molecule has 1 aliphatic carbocycles. The van der Waals surface area contributed by atoms with Crippen molar-refractivity contribution in [3.63, 3.8) is 0 Å². The van der Waals surface area contributed by atoms with Crippen molar-refractivity contribution >= 4 is 0 Å². The molecular weight excluding hydrogens is 290 g/mol. The van der Waals surface area contributed by atoms with Crippen LogP contribution in [0.25, 0.3) is 11.1 Å². The van der Waals surface area contributed by atoms with Crippen molar-refractivity contribution in [2.24, 2.45) is 5.92 Å². The van der Waals surface area contributed by atoms with Gasteiger partial charge in [-0.25, -0.2) is 0 Å². The van der Waals surface area contributed by atoms with Gasteiger partial charge in [-0.1, -0.05) is 69.0 Å². The van der Waals surface area contributed by atoms with Crippen LogP contribution in [0.1, 0.15) is 68.9 Å². The molecule has 0 heterocycles. The van der Waals surface area contributed by atoms with Crippen LogP contribution in [0.5, 0.6) is 0 Å². The fourth-order valence-electron chi connectivity index (χ4n) is 4.01. The fourth-order valence-corrected chi connectivity index (χ4v) is 4.01. The van der Waals surface area contributed by atoms with Crippen LogP contribution in [0.15, 0.2) is 48.5 Å². The summed E-state index contributed by atoms with van der Waals surface area (Å²) < 4.78 is 0. The Morgan fingerprint density at radius 3 is 2.21 bits per heavy atom. The summed E-state index contributed by atoms with van der Waals surface area (Å²) in [5, 5.41) is 8.90. The van der Waals surface area contributed by atoms with Crippen molar-refractivity contribution in [1.82, 2.24) is 0 Å². The van der Waals surface area contributed by atoms with Gasteiger partial charge in [-0.15, -0.1) is 0 Å². The zero-order valence-electron chi connectivity index (χ0n) is 14.7. The maximum atomic E-state index is 8.90. The Morgan fingerprint density at radius 1 is 0.917 bits per heavy atom. The minimum Gasteiger partial charge on any atom is -0.192 e. The lowest BCUT2D eigenvalue weighted by Gasteiger charge is -2.12. The zero-order valence-corrected chi connectivity index (χ0v) is 14.7. The second-order valence-corrected chi connectivity index (χ2v) is 7.18. The molecule has 24 heavy (non-hydrogen) atoms. The van der Waals surface area contributed by atoms with Crippen LogP contribution in [-0.4, -0.2) is 0 Å². The summed E-state index contributed by atoms with van der Waals surface area (Å²) >= 11 is 0. The second-order valence-electron chi connectivity index (χ2n) is 7.18. The van der Waals surface area contributed by atoms with Gasteiger partial charge in [0.15, 0.2) is 0 Å². The maximum Gasteiger partial charge on any atom is 0.0991 e. The van der Waals surface area contributed by atoms with E-state index in [-0.39, 0.29) is 0 Å². The van der Waals surface area contributed by atoms with Gasteiger partial charge in [-0.05, 0) is 59.9 Å². The first-order valence-electron chi connectivity index (χ1n) is 9.40. The van der Waals surface area contributed by atoms with E-state index < -0.39 is 0 Å². The van der Waals surface area contributed by atoms with Crippen LogP contribution in [0, 0.1) is 17.2 Å². The van der Waals surface area contributed by atoms with E-state index >= 15 is 0 Å². The molecule has 1 fully saturated rings. The first kappa shape index (κ1) is 16.8. The van der Waals surface area contributed by atoms with E-state index in [2.05, 4.69) is 37.3 Å². The summed E-state index contributed by atoms with van der Waals surface area (Å²) in [7, 11) is 0. The van der Waals surface area contributed by atoms with Crippen molar-refractivity contribution in [3.05, 3.63) is 59.7 Å². The largest absolute Gasteiger partial charge is 0.192 e. The molecule has 0 N–H and O–H groups in total. The lowest BCUT2D eigenvalue weighted by Crippen LogP contribution is -1.96. The number of nitriles is 1. The van der Waals surface area contributed by atoms with E-state index in [9.17, 15) is 0 Å². The van der Waals surface area contributed by atoms with Crippen molar-refractivity contribution in [3.8, 4) is 17.2 Å². The molecule has 0 spiro atoms. The van der Waals surface area contributed by atoms with Gasteiger partial charge in [-0.2, -0.15) is 5.26 Å². The number of unbranched alkanes of at least 4 members (excludes halogenated alkanes) is 2. The van der Waals surface area contributed by atoms with Crippen LogP contribution < -0.4 is 0 Å². The number of hydrogen-bond acceptors (Lipinski definition) is 1. The van der Waals surface area contributed by atoms with Gasteiger partial charge in [0, 0.05) is 0 Å². The number of rotatable bonds is 6. The van der Waals surface area contributed by atoms with E-state index in [0.29, 0.717) is 0 Å². The molecule has 124 valence electrons. The molecule has 0 amide bonds. The quantitative estimate of drug-likeness (QED) is 0.544. The van der Waals surface area contributed by atoms with Crippen LogP contribution >= 0.6 is 0 Å². The van der Waals surface area contributed by atoms with Gasteiger partial charge < -0.3 is 0 Å². The lowest BCUT2D eigenvalue weighted by atomic mass is 9.93. The molecule has 2 unspecified atom stereocenters. The molecule has 1 aliphatic rings. The minimum atomic E-state index is 0.718. The summed E-state index contributed by atoms with van der Waals surface area (Å²) in [5.41, 5.74) is 4.64. The molecule has 1 saturated carbocycles. The van der Waals surface area contributed by atoms with Gasteiger partial charge >= 0.3 is 0 Å². The average molecular weight is 317 g/mol. The highest BCUT2D eigenvalue weighted by Crippen LogP contribution is 2.40. The molecule has 0 saturated heterocycles. The highest BCUT2D eigenvalue weighted by Gasteiger charge is 2.25. The number of benzene rings is 2. The zero-order chi connectivity index (χ0) is 16.8. The third-order valence-corrected chi connectivity index (χ3v) is 5.49. The Balaban J connectivity index is 1.61. The van der Waals surface area contributed by atoms with Gasteiger partial charge in [0.2, 0.25) is 0 Å². The summed E-state index contributed by atoms with van der Waals surface area (Å²) in [6, 6.07) is 19.1. The first-order chi connectivity index (χ1) is 11.8. The minimum absolute atomic E-state index is 0.718. The van der Waals surface area contributed by atoms with Crippen molar-refractivity contribution < 1.29 is 0 Å². The van der Waals surface area contributed by atoms with E-state index in [4.69, 9.17) is 5.26 Å². The first-order valence-corrected chi connectivity index (χ1v) is 9.40. The van der Waals surface area contributed by atoms with E-state index in [1.54, 1.807) is 0 Å². The predicted octanol–water partition coefficient (Wildman–Crippen LogP) is 6.69. The highest BCUT2D eigenvalue weighted by atomic mass is 14.3. The summed E-state index contributed by atoms with van der Waals surface area (Å²) in [6.45, 7) is 2.28. The molecule has 2 aromatic rings. The van der Waals surface area contributed by atoms with Crippen molar-refractivity contribution in [2.45, 2.75) is 57.8 Å². The average Bonchev–Trinajstić information content (AvgIpc) is 3.11. The van der Waals surface area contributed by atoms with Crippen LogP contribution in [0.2, 0.25) is 0 Å². The van der Waals surface area contributed by atoms with Gasteiger partial charge in [-0.3, -0.25) is 0 Å². The maximum absolute atomic E-state index is 8.90. The summed E-state index contributed by atoms with van der Waals surface area (Å²) in [4.78, 5) is 0. The van der Waals surface area contributed by atoms with Gasteiger partial charge in [0.25, 0.3) is 0 Å². The Bertz CT molecular complexity index is 675. The van der Waals surface area contributed by atoms with Gasteiger partial charge in [0.05, 0.1) is 11.6 Å². The van der Waals surface area contributed by atoms with Gasteiger partial charge in [0.1, 0.15) is 0 Å². The molecule has 1 heteroatoms. The molecule has 0 aliphatic heterocycles. The smallest absolute Gasteiger partial charge is 0.0991 e. The van der Waals surface area contributed by atoms with E-state index in [1.165, 1.54) is 61.6 Å². The molecule has 1 nitrogen and oxygen atoms in total. The molecule has 0 radical (unpaired) electrons. The number of hydrogen-bond donors (Lipinski definition) is 0. The number of nitrogens with zero attached hydrogens (tertiary/aromatic N) is 1. The van der Waals surface area contributed by atoms with E-state index in [1.807, 2.05) is 24.3 Å².